The number of carbonyl (C=O) groups is 2. The van der Waals surface area contributed by atoms with E-state index in [1.54, 1.807) is 18.3 Å². The first kappa shape index (κ1) is 26.8. The van der Waals surface area contributed by atoms with Crippen LogP contribution in [-0.4, -0.2) is 59.8 Å². The van der Waals surface area contributed by atoms with Crippen LogP contribution >= 0.6 is 11.8 Å². The molecule has 9 nitrogen and oxygen atoms in total. The topological polar surface area (TPSA) is 103 Å². The summed E-state index contributed by atoms with van der Waals surface area (Å²) in [5.74, 6) is 0.389. The lowest BCUT2D eigenvalue weighted by Crippen LogP contribution is -2.38. The summed E-state index contributed by atoms with van der Waals surface area (Å²) in [6.45, 7) is 2.92. The molecule has 0 bridgehead atoms. The second kappa shape index (κ2) is 11.9. The van der Waals surface area contributed by atoms with E-state index in [0.717, 1.165) is 55.5 Å². The molecule has 0 atom stereocenters. The van der Waals surface area contributed by atoms with E-state index >= 15 is 0 Å². The molecule has 5 rings (SSSR count). The van der Waals surface area contributed by atoms with Crippen LogP contribution in [0.1, 0.15) is 24.2 Å². The fraction of sp³-hybridized carbons (Fsp3) is 0.321. The third-order valence-corrected chi connectivity index (χ3v) is 7.53. The second-order valence-corrected chi connectivity index (χ2v) is 10.8. The first-order chi connectivity index (χ1) is 18.8. The van der Waals surface area contributed by atoms with Gasteiger partial charge in [-0.15, -0.1) is 0 Å². The minimum atomic E-state index is -0.401. The Hall–Kier alpha value is -3.83. The molecule has 2 amide bonds. The van der Waals surface area contributed by atoms with E-state index in [2.05, 4.69) is 25.5 Å². The van der Waals surface area contributed by atoms with E-state index in [-0.39, 0.29) is 11.1 Å². The molecule has 202 valence electrons. The molecular formula is C28H30FN7O2S. The number of benzene rings is 1. The van der Waals surface area contributed by atoms with Gasteiger partial charge in [0, 0.05) is 57.2 Å². The molecule has 0 spiro atoms. The zero-order valence-electron chi connectivity index (χ0n) is 21.9. The van der Waals surface area contributed by atoms with Crippen molar-refractivity contribution < 1.29 is 14.0 Å². The van der Waals surface area contributed by atoms with Crippen molar-refractivity contribution in [1.82, 2.24) is 25.6 Å². The van der Waals surface area contributed by atoms with Crippen molar-refractivity contribution in [1.29, 1.82) is 0 Å². The number of nitrogens with zero attached hydrogens (tertiary/aromatic N) is 5. The van der Waals surface area contributed by atoms with Crippen molar-refractivity contribution in [2.24, 2.45) is 5.92 Å². The Balaban J connectivity index is 1.14. The lowest BCUT2D eigenvalue weighted by atomic mass is 9.97. The number of imide groups is 1. The second-order valence-electron chi connectivity index (χ2n) is 9.80. The Morgan fingerprint density at radius 3 is 2.72 bits per heavy atom. The van der Waals surface area contributed by atoms with E-state index in [1.165, 1.54) is 12.1 Å². The monoisotopic (exact) mass is 547 g/mol. The molecule has 0 unspecified atom stereocenters. The summed E-state index contributed by atoms with van der Waals surface area (Å²) < 4.78 is 14.4. The van der Waals surface area contributed by atoms with Crippen LogP contribution in [0.3, 0.4) is 0 Å². The Bertz CT molecular complexity index is 1410. The minimum Gasteiger partial charge on any atom is -0.378 e. The Morgan fingerprint density at radius 2 is 1.97 bits per heavy atom. The summed E-state index contributed by atoms with van der Waals surface area (Å²) in [6.07, 6.45) is 5.21. The first-order valence-corrected chi connectivity index (χ1v) is 13.6. The molecular weight excluding hydrogens is 517 g/mol. The number of aromatic nitrogens is 3. The van der Waals surface area contributed by atoms with Crippen molar-refractivity contribution in [2.45, 2.75) is 19.4 Å². The lowest BCUT2D eigenvalue weighted by molar-refractivity contribution is -0.115. The molecule has 0 radical (unpaired) electrons. The van der Waals surface area contributed by atoms with E-state index in [0.29, 0.717) is 40.4 Å². The molecule has 4 heterocycles. The Labute approximate surface area is 230 Å². The molecule has 0 saturated carbocycles. The lowest BCUT2D eigenvalue weighted by Gasteiger charge is -2.32. The largest absolute Gasteiger partial charge is 0.378 e. The Kier molecular flexibility index (Phi) is 8.18. The molecule has 0 aliphatic carbocycles. The predicted molar refractivity (Wildman–Crippen MR) is 152 cm³/mol. The molecule has 2 aliphatic rings. The van der Waals surface area contributed by atoms with Crippen LogP contribution in [-0.2, 0) is 11.3 Å². The summed E-state index contributed by atoms with van der Waals surface area (Å²) in [6, 6.07) is 12.6. The number of pyridine rings is 1. The van der Waals surface area contributed by atoms with Gasteiger partial charge in [-0.2, -0.15) is 0 Å². The van der Waals surface area contributed by atoms with Crippen LogP contribution < -0.4 is 20.4 Å². The number of rotatable bonds is 8. The van der Waals surface area contributed by atoms with Gasteiger partial charge in [0.15, 0.2) is 0 Å². The summed E-state index contributed by atoms with van der Waals surface area (Å²) in [4.78, 5) is 41.4. The van der Waals surface area contributed by atoms with Gasteiger partial charge in [0.2, 0.25) is 5.95 Å². The minimum absolute atomic E-state index is 0.294. The van der Waals surface area contributed by atoms with Gasteiger partial charge in [-0.05, 0) is 67.4 Å². The third-order valence-electron chi connectivity index (χ3n) is 6.72. The average Bonchev–Trinajstić information content (AvgIpc) is 3.25. The van der Waals surface area contributed by atoms with Crippen LogP contribution in [0.4, 0.5) is 20.8 Å². The predicted octanol–water partition coefficient (Wildman–Crippen LogP) is 4.07. The molecule has 11 heteroatoms. The van der Waals surface area contributed by atoms with Gasteiger partial charge in [-0.1, -0.05) is 12.1 Å². The van der Waals surface area contributed by atoms with Gasteiger partial charge in [0.1, 0.15) is 5.82 Å². The number of amides is 2. The van der Waals surface area contributed by atoms with Crippen LogP contribution in [0.2, 0.25) is 0 Å². The van der Waals surface area contributed by atoms with Gasteiger partial charge in [0.05, 0.1) is 22.0 Å². The normalized spacial score (nSPS) is 17.1. The van der Waals surface area contributed by atoms with Crippen LogP contribution in [0.5, 0.6) is 0 Å². The highest BCUT2D eigenvalue weighted by atomic mass is 32.2. The highest BCUT2D eigenvalue weighted by molar-refractivity contribution is 8.18. The highest BCUT2D eigenvalue weighted by Crippen LogP contribution is 2.26. The standard InChI is InChI=1S/C28H30FN7O2S/c1-35(2)23-5-3-4-19(12-23)24-14-20(29)13-22(32-24)17-30-16-18-7-10-36(11-8-18)27-31-9-6-21(33-27)15-25-26(37)34-28(38)39-25/h3-6,9,12-15,18,30H,7-8,10-11,16-17H2,1-2H3,(H,34,37,38). The maximum Gasteiger partial charge on any atom is 0.290 e. The van der Waals surface area contributed by atoms with Crippen molar-refractivity contribution in [3.05, 3.63) is 70.8 Å². The molecule has 39 heavy (non-hydrogen) atoms. The quantitative estimate of drug-likeness (QED) is 0.404. The molecule has 2 saturated heterocycles. The number of piperidine rings is 1. The highest BCUT2D eigenvalue weighted by Gasteiger charge is 2.26. The number of thioether (sulfide) groups is 1. The average molecular weight is 548 g/mol. The zero-order chi connectivity index (χ0) is 27.4. The van der Waals surface area contributed by atoms with Crippen LogP contribution in [0.15, 0.2) is 53.6 Å². The first-order valence-electron chi connectivity index (χ1n) is 12.8. The van der Waals surface area contributed by atoms with Gasteiger partial charge < -0.3 is 15.1 Å². The summed E-state index contributed by atoms with van der Waals surface area (Å²) in [5.41, 5.74) is 3.81. The van der Waals surface area contributed by atoms with E-state index in [4.69, 9.17) is 4.98 Å². The van der Waals surface area contributed by atoms with Crippen molar-refractivity contribution >= 4 is 40.6 Å². The van der Waals surface area contributed by atoms with Crippen molar-refractivity contribution in [3.63, 3.8) is 0 Å². The van der Waals surface area contributed by atoms with E-state index in [1.807, 2.05) is 43.3 Å². The SMILES string of the molecule is CN(C)c1cccc(-c2cc(F)cc(CNCC3CCN(c4nccc(C=C5SC(=O)NC5=O)n4)CC3)n2)c1. The van der Waals surface area contributed by atoms with Crippen molar-refractivity contribution in [3.8, 4) is 11.3 Å². The fourth-order valence-electron chi connectivity index (χ4n) is 4.62. The number of hydrogen-bond donors (Lipinski definition) is 2. The molecule has 2 fully saturated rings. The maximum absolute atomic E-state index is 14.4. The molecule has 2 aromatic heterocycles. The van der Waals surface area contributed by atoms with E-state index < -0.39 is 5.91 Å². The van der Waals surface area contributed by atoms with Gasteiger partial charge in [0.25, 0.3) is 11.1 Å². The number of anilines is 2. The number of halogens is 1. The molecule has 3 aromatic rings. The maximum atomic E-state index is 14.4. The van der Waals surface area contributed by atoms with Crippen LogP contribution in [0.25, 0.3) is 17.3 Å². The summed E-state index contributed by atoms with van der Waals surface area (Å²) >= 11 is 0.871. The van der Waals surface area contributed by atoms with Gasteiger partial charge in [-0.3, -0.25) is 19.9 Å². The summed E-state index contributed by atoms with van der Waals surface area (Å²) in [7, 11) is 3.95. The zero-order valence-corrected chi connectivity index (χ0v) is 22.7. The molecule has 1 aromatic carbocycles. The van der Waals surface area contributed by atoms with Gasteiger partial charge >= 0.3 is 0 Å². The fourth-order valence-corrected chi connectivity index (χ4v) is 5.29. The van der Waals surface area contributed by atoms with Gasteiger partial charge in [-0.25, -0.2) is 14.4 Å². The number of nitrogens with one attached hydrogen (secondary N) is 2. The summed E-state index contributed by atoms with van der Waals surface area (Å²) in [5, 5.41) is 5.33. The Morgan fingerprint density at radius 1 is 1.15 bits per heavy atom. The third kappa shape index (κ3) is 6.79. The van der Waals surface area contributed by atoms with Crippen LogP contribution in [0, 0.1) is 11.7 Å². The van der Waals surface area contributed by atoms with E-state index in [9.17, 15) is 14.0 Å². The number of carbonyl (C=O) groups excluding carboxylic acids is 2. The van der Waals surface area contributed by atoms with Crippen molar-refractivity contribution in [2.75, 3.05) is 43.5 Å². The molecule has 2 aliphatic heterocycles. The number of hydrogen-bond acceptors (Lipinski definition) is 9. The molecule has 2 N–H and O–H groups in total. The smallest absolute Gasteiger partial charge is 0.290 e.